The second-order valence-corrected chi connectivity index (χ2v) is 6.35. The number of para-hydroxylation sites is 1. The average molecular weight is 317 g/mol. The molecular formula is C15H15N3OS2. The van der Waals surface area contributed by atoms with E-state index in [1.54, 1.807) is 23.1 Å². The molecule has 2 aromatic heterocycles. The molecule has 0 spiro atoms. The third-order valence-corrected chi connectivity index (χ3v) is 4.61. The zero-order chi connectivity index (χ0) is 14.5. The molecule has 0 radical (unpaired) electrons. The standard InChI is InChI=1S/C15H15N3OS2/c16-13-12-7-10-20-14(12)18-15(17-13)21-9-4-8-19-11-5-2-1-3-6-11/h1-3,5-7,10H,4,8-9H2,(H2,16,17,18). The van der Waals surface area contributed by atoms with Gasteiger partial charge in [0.2, 0.25) is 0 Å². The highest BCUT2D eigenvalue weighted by Gasteiger charge is 2.06. The minimum atomic E-state index is 0.560. The number of ether oxygens (including phenoxy) is 1. The van der Waals surface area contributed by atoms with Crippen LogP contribution in [0, 0.1) is 0 Å². The quantitative estimate of drug-likeness (QED) is 0.425. The van der Waals surface area contributed by atoms with Crippen molar-refractivity contribution >= 4 is 39.1 Å². The van der Waals surface area contributed by atoms with Crippen molar-refractivity contribution in [3.05, 3.63) is 41.8 Å². The number of aromatic nitrogens is 2. The molecule has 0 atom stereocenters. The molecule has 0 amide bonds. The second-order valence-electron chi connectivity index (χ2n) is 4.39. The van der Waals surface area contributed by atoms with Crippen LogP contribution in [0.4, 0.5) is 5.82 Å². The molecule has 0 saturated carbocycles. The molecule has 0 aliphatic heterocycles. The Balaban J connectivity index is 1.48. The molecule has 1 aromatic carbocycles. The predicted molar refractivity (Wildman–Crippen MR) is 89.1 cm³/mol. The van der Waals surface area contributed by atoms with Crippen LogP contribution >= 0.6 is 23.1 Å². The van der Waals surface area contributed by atoms with Gasteiger partial charge in [0.05, 0.1) is 12.0 Å². The zero-order valence-electron chi connectivity index (χ0n) is 11.4. The van der Waals surface area contributed by atoms with Gasteiger partial charge in [0.1, 0.15) is 16.4 Å². The Morgan fingerprint density at radius 3 is 2.86 bits per heavy atom. The molecule has 4 nitrogen and oxygen atoms in total. The number of nitrogens with two attached hydrogens (primary N) is 1. The van der Waals surface area contributed by atoms with Crippen molar-refractivity contribution in [1.29, 1.82) is 0 Å². The van der Waals surface area contributed by atoms with Crippen LogP contribution in [0.15, 0.2) is 46.9 Å². The summed E-state index contributed by atoms with van der Waals surface area (Å²) >= 11 is 3.20. The second kappa shape index (κ2) is 6.78. The lowest BCUT2D eigenvalue weighted by atomic mass is 10.3. The minimum absolute atomic E-state index is 0.560. The van der Waals surface area contributed by atoms with E-state index in [1.807, 2.05) is 41.8 Å². The summed E-state index contributed by atoms with van der Waals surface area (Å²) in [5.74, 6) is 2.37. The molecule has 21 heavy (non-hydrogen) atoms. The van der Waals surface area contributed by atoms with Crippen molar-refractivity contribution < 1.29 is 4.74 Å². The first-order valence-corrected chi connectivity index (χ1v) is 8.51. The van der Waals surface area contributed by atoms with Crippen LogP contribution in [-0.4, -0.2) is 22.3 Å². The third kappa shape index (κ3) is 3.65. The van der Waals surface area contributed by atoms with Crippen LogP contribution in [0.25, 0.3) is 10.2 Å². The SMILES string of the molecule is Nc1nc(SCCCOc2ccccc2)nc2sccc12. The lowest BCUT2D eigenvalue weighted by Crippen LogP contribution is -2.00. The topological polar surface area (TPSA) is 61.0 Å². The number of rotatable bonds is 6. The van der Waals surface area contributed by atoms with E-state index >= 15 is 0 Å². The Hall–Kier alpha value is -1.79. The summed E-state index contributed by atoms with van der Waals surface area (Å²) in [7, 11) is 0. The maximum Gasteiger partial charge on any atom is 0.190 e. The molecule has 108 valence electrons. The Morgan fingerprint density at radius 1 is 1.14 bits per heavy atom. The summed E-state index contributed by atoms with van der Waals surface area (Å²) in [6.45, 7) is 0.688. The van der Waals surface area contributed by atoms with Gasteiger partial charge in [-0.15, -0.1) is 11.3 Å². The molecule has 3 aromatic rings. The fourth-order valence-corrected chi connectivity index (χ4v) is 3.44. The average Bonchev–Trinajstić information content (AvgIpc) is 2.97. The normalized spacial score (nSPS) is 10.9. The molecule has 0 aliphatic carbocycles. The van der Waals surface area contributed by atoms with E-state index < -0.39 is 0 Å². The fraction of sp³-hybridized carbons (Fsp3) is 0.200. The third-order valence-electron chi connectivity index (χ3n) is 2.87. The van der Waals surface area contributed by atoms with Crippen molar-refractivity contribution in [1.82, 2.24) is 9.97 Å². The van der Waals surface area contributed by atoms with Crippen LogP contribution in [0.5, 0.6) is 5.75 Å². The molecule has 0 aliphatic rings. The van der Waals surface area contributed by atoms with Gasteiger partial charge in [-0.3, -0.25) is 0 Å². The summed E-state index contributed by atoms with van der Waals surface area (Å²) in [5.41, 5.74) is 5.93. The molecule has 3 rings (SSSR count). The zero-order valence-corrected chi connectivity index (χ0v) is 13.0. The van der Waals surface area contributed by atoms with Gasteiger partial charge in [0.25, 0.3) is 0 Å². The van der Waals surface area contributed by atoms with E-state index in [9.17, 15) is 0 Å². The minimum Gasteiger partial charge on any atom is -0.494 e. The number of fused-ring (bicyclic) bond motifs is 1. The van der Waals surface area contributed by atoms with Gasteiger partial charge < -0.3 is 10.5 Å². The maximum atomic E-state index is 5.93. The maximum absolute atomic E-state index is 5.93. The number of thiophene rings is 1. The number of anilines is 1. The smallest absolute Gasteiger partial charge is 0.190 e. The highest BCUT2D eigenvalue weighted by atomic mass is 32.2. The van der Waals surface area contributed by atoms with Crippen LogP contribution in [0.2, 0.25) is 0 Å². The Morgan fingerprint density at radius 2 is 2.00 bits per heavy atom. The van der Waals surface area contributed by atoms with Gasteiger partial charge in [-0.2, -0.15) is 0 Å². The molecule has 0 unspecified atom stereocenters. The summed E-state index contributed by atoms with van der Waals surface area (Å²) in [6, 6.07) is 11.8. The van der Waals surface area contributed by atoms with Gasteiger partial charge in [-0.1, -0.05) is 30.0 Å². The highest BCUT2D eigenvalue weighted by Crippen LogP contribution is 2.26. The van der Waals surface area contributed by atoms with Crippen LogP contribution in [-0.2, 0) is 0 Å². The summed E-state index contributed by atoms with van der Waals surface area (Å²) in [6.07, 6.45) is 0.936. The predicted octanol–water partition coefficient (Wildman–Crippen LogP) is 3.83. The van der Waals surface area contributed by atoms with Crippen molar-refractivity contribution in [3.63, 3.8) is 0 Å². The number of hydrogen-bond acceptors (Lipinski definition) is 6. The van der Waals surface area contributed by atoms with E-state index in [2.05, 4.69) is 9.97 Å². The van der Waals surface area contributed by atoms with Crippen LogP contribution < -0.4 is 10.5 Å². The number of hydrogen-bond donors (Lipinski definition) is 1. The van der Waals surface area contributed by atoms with Crippen molar-refractivity contribution in [3.8, 4) is 5.75 Å². The lowest BCUT2D eigenvalue weighted by molar-refractivity contribution is 0.318. The molecule has 2 N–H and O–H groups in total. The first-order chi connectivity index (χ1) is 10.3. The lowest BCUT2D eigenvalue weighted by Gasteiger charge is -2.05. The Bertz CT molecular complexity index is 715. The largest absolute Gasteiger partial charge is 0.494 e. The van der Waals surface area contributed by atoms with Gasteiger partial charge in [-0.25, -0.2) is 9.97 Å². The molecule has 2 heterocycles. The van der Waals surface area contributed by atoms with Crippen molar-refractivity contribution in [2.24, 2.45) is 0 Å². The van der Waals surface area contributed by atoms with Crippen molar-refractivity contribution in [2.75, 3.05) is 18.1 Å². The van der Waals surface area contributed by atoms with Gasteiger partial charge in [0, 0.05) is 5.75 Å². The van der Waals surface area contributed by atoms with E-state index in [0.29, 0.717) is 12.4 Å². The fourth-order valence-electron chi connectivity index (χ4n) is 1.85. The number of benzene rings is 1. The van der Waals surface area contributed by atoms with Gasteiger partial charge >= 0.3 is 0 Å². The first kappa shape index (κ1) is 14.2. The van der Waals surface area contributed by atoms with E-state index in [-0.39, 0.29) is 0 Å². The van der Waals surface area contributed by atoms with Gasteiger partial charge in [0.15, 0.2) is 5.16 Å². The molecule has 0 saturated heterocycles. The summed E-state index contributed by atoms with van der Waals surface area (Å²) in [4.78, 5) is 9.78. The molecule has 0 fully saturated rings. The van der Waals surface area contributed by atoms with E-state index in [1.165, 1.54) is 0 Å². The highest BCUT2D eigenvalue weighted by molar-refractivity contribution is 7.99. The monoisotopic (exact) mass is 317 g/mol. The van der Waals surface area contributed by atoms with Crippen LogP contribution in [0.1, 0.15) is 6.42 Å². The number of nitrogen functional groups attached to an aromatic ring is 1. The first-order valence-electron chi connectivity index (χ1n) is 6.64. The molecule has 6 heteroatoms. The Labute approximate surface area is 131 Å². The Kier molecular flexibility index (Phi) is 4.57. The van der Waals surface area contributed by atoms with E-state index in [4.69, 9.17) is 10.5 Å². The molecule has 0 bridgehead atoms. The van der Waals surface area contributed by atoms with E-state index in [0.717, 1.165) is 33.3 Å². The summed E-state index contributed by atoms with van der Waals surface area (Å²) in [5, 5.41) is 3.66. The summed E-state index contributed by atoms with van der Waals surface area (Å²) < 4.78 is 5.65. The van der Waals surface area contributed by atoms with Crippen molar-refractivity contribution in [2.45, 2.75) is 11.6 Å². The number of nitrogens with zero attached hydrogens (tertiary/aromatic N) is 2. The van der Waals surface area contributed by atoms with Crippen LogP contribution in [0.3, 0.4) is 0 Å². The molecular weight excluding hydrogens is 302 g/mol. The van der Waals surface area contributed by atoms with Gasteiger partial charge in [-0.05, 0) is 30.0 Å². The number of thioether (sulfide) groups is 1.